The molecule has 1 heterocycles. The molecule has 0 N–H and O–H groups in total. The summed E-state index contributed by atoms with van der Waals surface area (Å²) in [5, 5.41) is 0. The lowest BCUT2D eigenvalue weighted by molar-refractivity contribution is -0.122. The number of ether oxygens (including phenoxy) is 1. The van der Waals surface area contributed by atoms with Crippen molar-refractivity contribution in [3.8, 4) is 0 Å². The number of imide groups is 1. The number of Topliss-reactive ketones (excluding diaryl/α,β-unsaturated/α-hetero) is 1. The lowest BCUT2D eigenvalue weighted by Crippen LogP contribution is -2.31. The predicted octanol–water partition coefficient (Wildman–Crippen LogP) is 4.04. The second kappa shape index (κ2) is 8.54. The molecule has 1 aliphatic heterocycles. The molecule has 3 atom stereocenters. The van der Waals surface area contributed by atoms with Gasteiger partial charge in [-0.1, -0.05) is 37.3 Å². The first kappa shape index (κ1) is 21.7. The Balaban J connectivity index is 1.47. The van der Waals surface area contributed by atoms with Crippen molar-refractivity contribution >= 4 is 29.3 Å². The summed E-state index contributed by atoms with van der Waals surface area (Å²) in [5.41, 5.74) is 3.06. The van der Waals surface area contributed by atoms with Gasteiger partial charge in [-0.05, 0) is 61.6 Å². The number of carbonyl (C=O) groups excluding carboxylic acids is 4. The van der Waals surface area contributed by atoms with E-state index in [1.54, 1.807) is 24.3 Å². The van der Waals surface area contributed by atoms with Crippen LogP contribution in [0, 0.1) is 31.6 Å². The summed E-state index contributed by atoms with van der Waals surface area (Å²) in [6, 6.07) is 11.6. The number of fused-ring (bicyclic) bond motifs is 1. The Labute approximate surface area is 186 Å². The van der Waals surface area contributed by atoms with Gasteiger partial charge in [0.05, 0.1) is 23.1 Å². The van der Waals surface area contributed by atoms with E-state index in [-0.39, 0.29) is 47.5 Å². The summed E-state index contributed by atoms with van der Waals surface area (Å²) >= 11 is 0. The van der Waals surface area contributed by atoms with Crippen molar-refractivity contribution < 1.29 is 23.9 Å². The van der Waals surface area contributed by atoms with Crippen LogP contribution in [0.5, 0.6) is 0 Å². The first-order valence-electron chi connectivity index (χ1n) is 10.7. The number of nitrogens with zero attached hydrogens (tertiary/aromatic N) is 1. The Bertz CT molecular complexity index is 1150. The highest BCUT2D eigenvalue weighted by Crippen LogP contribution is 2.40. The van der Waals surface area contributed by atoms with E-state index in [9.17, 15) is 19.2 Å². The molecule has 1 aliphatic carbocycles. The Kier molecular flexibility index (Phi) is 5.78. The summed E-state index contributed by atoms with van der Waals surface area (Å²) in [7, 11) is 0. The van der Waals surface area contributed by atoms with Crippen LogP contribution in [0.15, 0.2) is 54.6 Å². The number of hydrogen-bond acceptors (Lipinski definition) is 5. The summed E-state index contributed by atoms with van der Waals surface area (Å²) in [6.45, 7) is 5.42. The number of rotatable bonds is 5. The van der Waals surface area contributed by atoms with Gasteiger partial charge < -0.3 is 4.74 Å². The minimum atomic E-state index is -0.685. The van der Waals surface area contributed by atoms with Crippen LogP contribution in [0.25, 0.3) is 0 Å². The van der Waals surface area contributed by atoms with E-state index in [1.807, 2.05) is 39.0 Å². The Morgan fingerprint density at radius 2 is 1.78 bits per heavy atom. The van der Waals surface area contributed by atoms with Crippen LogP contribution in [0.4, 0.5) is 5.69 Å². The van der Waals surface area contributed by atoms with Crippen molar-refractivity contribution in [3.05, 3.63) is 76.9 Å². The summed E-state index contributed by atoms with van der Waals surface area (Å²) < 4.78 is 5.21. The van der Waals surface area contributed by atoms with Crippen LogP contribution in [0.2, 0.25) is 0 Å². The lowest BCUT2D eigenvalue weighted by atomic mass is 9.78. The molecule has 0 spiro atoms. The monoisotopic (exact) mass is 431 g/mol. The van der Waals surface area contributed by atoms with Gasteiger partial charge in [0, 0.05) is 5.56 Å². The molecule has 2 aromatic rings. The molecule has 164 valence electrons. The van der Waals surface area contributed by atoms with Crippen LogP contribution < -0.4 is 4.90 Å². The first-order chi connectivity index (χ1) is 15.3. The van der Waals surface area contributed by atoms with E-state index in [4.69, 9.17) is 4.74 Å². The molecule has 0 aromatic heterocycles. The van der Waals surface area contributed by atoms with Gasteiger partial charge in [0.15, 0.2) is 12.4 Å². The third-order valence-corrected chi connectivity index (χ3v) is 6.38. The summed E-state index contributed by atoms with van der Waals surface area (Å²) in [5.74, 6) is -2.23. The molecule has 1 fully saturated rings. The molecule has 6 nitrogen and oxygen atoms in total. The predicted molar refractivity (Wildman–Crippen MR) is 119 cm³/mol. The van der Waals surface area contributed by atoms with Gasteiger partial charge in [0.2, 0.25) is 11.8 Å². The zero-order chi connectivity index (χ0) is 23.0. The molecular formula is C26H25NO5. The summed E-state index contributed by atoms with van der Waals surface area (Å²) in [6.07, 6.45) is 4.45. The van der Waals surface area contributed by atoms with Crippen molar-refractivity contribution in [2.45, 2.75) is 27.2 Å². The third kappa shape index (κ3) is 3.88. The molecular weight excluding hydrogens is 406 g/mol. The molecule has 0 radical (unpaired) electrons. The van der Waals surface area contributed by atoms with Gasteiger partial charge in [0.1, 0.15) is 0 Å². The molecule has 2 aromatic carbocycles. The van der Waals surface area contributed by atoms with E-state index in [2.05, 4.69) is 0 Å². The molecule has 1 saturated heterocycles. The average Bonchev–Trinajstić information content (AvgIpc) is 3.04. The number of benzene rings is 2. The average molecular weight is 431 g/mol. The SMILES string of the molecule is Cc1ccc(C(=O)COC(=O)c2cccc(N3C(=O)[C@H]4[C@H](C)C=CC[C@H]4C3=O)c2)cc1C. The number of carbonyl (C=O) groups is 4. The Morgan fingerprint density at radius 1 is 1.00 bits per heavy atom. The molecule has 0 saturated carbocycles. The van der Waals surface area contributed by atoms with Crippen molar-refractivity contribution in [1.29, 1.82) is 0 Å². The largest absolute Gasteiger partial charge is 0.454 e. The maximum atomic E-state index is 13.0. The molecule has 4 rings (SSSR count). The van der Waals surface area contributed by atoms with Crippen molar-refractivity contribution in [1.82, 2.24) is 0 Å². The van der Waals surface area contributed by atoms with Crippen LogP contribution >= 0.6 is 0 Å². The van der Waals surface area contributed by atoms with E-state index in [0.29, 0.717) is 17.7 Å². The van der Waals surface area contributed by atoms with Crippen molar-refractivity contribution in [3.63, 3.8) is 0 Å². The number of amides is 2. The van der Waals surface area contributed by atoms with Gasteiger partial charge in [-0.15, -0.1) is 0 Å². The van der Waals surface area contributed by atoms with E-state index in [0.717, 1.165) is 11.1 Å². The van der Waals surface area contributed by atoms with Crippen LogP contribution in [-0.2, 0) is 14.3 Å². The molecule has 2 amide bonds. The summed E-state index contributed by atoms with van der Waals surface area (Å²) in [4.78, 5) is 52.0. The van der Waals surface area contributed by atoms with Gasteiger partial charge in [-0.3, -0.25) is 19.3 Å². The van der Waals surface area contributed by atoms with Crippen molar-refractivity contribution in [2.75, 3.05) is 11.5 Å². The van der Waals surface area contributed by atoms with E-state index < -0.39 is 5.97 Å². The minimum absolute atomic E-state index is 0.0141. The second-order valence-electron chi connectivity index (χ2n) is 8.52. The lowest BCUT2D eigenvalue weighted by Gasteiger charge is -2.22. The van der Waals surface area contributed by atoms with Gasteiger partial charge in [0.25, 0.3) is 0 Å². The van der Waals surface area contributed by atoms with E-state index in [1.165, 1.54) is 17.0 Å². The van der Waals surface area contributed by atoms with Crippen LogP contribution in [0.1, 0.15) is 45.2 Å². The fourth-order valence-corrected chi connectivity index (χ4v) is 4.39. The normalized spacial score (nSPS) is 22.1. The highest BCUT2D eigenvalue weighted by atomic mass is 16.5. The molecule has 0 bridgehead atoms. The zero-order valence-electron chi connectivity index (χ0n) is 18.3. The van der Waals surface area contributed by atoms with Crippen LogP contribution in [-0.4, -0.2) is 30.2 Å². The number of aryl methyl sites for hydroxylation is 2. The molecule has 6 heteroatoms. The number of anilines is 1. The molecule has 32 heavy (non-hydrogen) atoms. The first-order valence-corrected chi connectivity index (χ1v) is 10.7. The minimum Gasteiger partial charge on any atom is -0.454 e. The topological polar surface area (TPSA) is 80.8 Å². The molecule has 0 unspecified atom stereocenters. The number of ketones is 1. The fraction of sp³-hybridized carbons (Fsp3) is 0.308. The van der Waals surface area contributed by atoms with Crippen molar-refractivity contribution in [2.24, 2.45) is 17.8 Å². The standard InChI is InChI=1S/C26H25NO5/c1-15-10-11-18(12-17(15)3)22(28)14-32-26(31)19-7-5-8-20(13-19)27-24(29)21-9-4-6-16(2)23(21)25(27)30/h4-8,10-13,16,21,23H,9,14H2,1-3H3/t16-,21-,23+/m1/s1. The molecule has 2 aliphatic rings. The quantitative estimate of drug-likeness (QED) is 0.309. The number of hydrogen-bond donors (Lipinski definition) is 0. The third-order valence-electron chi connectivity index (χ3n) is 6.38. The zero-order valence-corrected chi connectivity index (χ0v) is 18.3. The number of allylic oxidation sites excluding steroid dienone is 2. The van der Waals surface area contributed by atoms with Gasteiger partial charge >= 0.3 is 5.97 Å². The highest BCUT2D eigenvalue weighted by molar-refractivity contribution is 6.22. The van der Waals surface area contributed by atoms with Gasteiger partial charge in [-0.2, -0.15) is 0 Å². The maximum absolute atomic E-state index is 13.0. The van der Waals surface area contributed by atoms with E-state index >= 15 is 0 Å². The maximum Gasteiger partial charge on any atom is 0.338 e. The fourth-order valence-electron chi connectivity index (χ4n) is 4.39. The smallest absolute Gasteiger partial charge is 0.338 e. The van der Waals surface area contributed by atoms with Crippen LogP contribution in [0.3, 0.4) is 0 Å². The number of esters is 1. The highest BCUT2D eigenvalue weighted by Gasteiger charge is 2.50. The Morgan fingerprint density at radius 3 is 2.50 bits per heavy atom. The van der Waals surface area contributed by atoms with Gasteiger partial charge in [-0.25, -0.2) is 4.79 Å². The Hall–Kier alpha value is -3.54. The second-order valence-corrected chi connectivity index (χ2v) is 8.52.